The van der Waals surface area contributed by atoms with Crippen LogP contribution in [0.15, 0.2) is 12.4 Å². The molecule has 0 aromatic carbocycles. The molecule has 1 heterocycles. The van der Waals surface area contributed by atoms with Gasteiger partial charge in [0.05, 0.1) is 0 Å². The lowest BCUT2D eigenvalue weighted by atomic mass is 10.3. The Morgan fingerprint density at radius 1 is 1.91 bits per heavy atom. The summed E-state index contributed by atoms with van der Waals surface area (Å²) in [5.74, 6) is 0.833. The van der Waals surface area contributed by atoms with Crippen molar-refractivity contribution in [1.82, 2.24) is 9.97 Å². The molecular weight excluding hydrogens is 144 g/mol. The Labute approximate surface area is 64.6 Å². The summed E-state index contributed by atoms with van der Waals surface area (Å²) in [6, 6.07) is 0. The number of carbonyl (C=O) groups excluding carboxylic acids is 1. The normalized spacial score (nSPS) is 12.5. The zero-order valence-corrected chi connectivity index (χ0v) is 6.28. The topological polar surface area (TPSA) is 55.0 Å². The summed E-state index contributed by atoms with van der Waals surface area (Å²) in [6.45, 7) is 2.27. The van der Waals surface area contributed by atoms with Crippen LogP contribution in [-0.2, 0) is 16.0 Å². The van der Waals surface area contributed by atoms with Crippen LogP contribution in [0.1, 0.15) is 12.7 Å². The molecule has 0 aliphatic heterocycles. The van der Waals surface area contributed by atoms with E-state index in [0.717, 1.165) is 5.82 Å². The summed E-state index contributed by atoms with van der Waals surface area (Å²) in [5.41, 5.74) is 0. The van der Waals surface area contributed by atoms with Crippen molar-refractivity contribution < 1.29 is 9.53 Å². The van der Waals surface area contributed by atoms with Crippen LogP contribution in [0.5, 0.6) is 0 Å². The van der Waals surface area contributed by atoms with Gasteiger partial charge in [0.15, 0.2) is 0 Å². The summed E-state index contributed by atoms with van der Waals surface area (Å²) in [6.07, 6.45) is 3.93. The van der Waals surface area contributed by atoms with Gasteiger partial charge in [0.1, 0.15) is 11.9 Å². The second kappa shape index (κ2) is 3.75. The number of hydrogen-bond acceptors (Lipinski definition) is 3. The first-order valence-electron chi connectivity index (χ1n) is 3.40. The lowest BCUT2D eigenvalue weighted by Gasteiger charge is -2.05. The Balaban J connectivity index is 2.37. The molecule has 11 heavy (non-hydrogen) atoms. The Morgan fingerprint density at radius 2 is 2.73 bits per heavy atom. The maximum absolute atomic E-state index is 9.89. The van der Waals surface area contributed by atoms with Crippen LogP contribution >= 0.6 is 0 Å². The average Bonchev–Trinajstić information content (AvgIpc) is 2.40. The third kappa shape index (κ3) is 2.41. The number of carbonyl (C=O) groups is 1. The number of ether oxygens (including phenoxy) is 1. The molecule has 0 saturated heterocycles. The fourth-order valence-corrected chi connectivity index (χ4v) is 0.825. The molecule has 1 rings (SSSR count). The minimum absolute atomic E-state index is 0.112. The van der Waals surface area contributed by atoms with Gasteiger partial charge in [-0.05, 0) is 6.92 Å². The molecule has 1 N–H and O–H groups in total. The Hall–Kier alpha value is -1.32. The van der Waals surface area contributed by atoms with Gasteiger partial charge >= 0.3 is 0 Å². The number of imidazole rings is 1. The van der Waals surface area contributed by atoms with E-state index in [0.29, 0.717) is 12.9 Å². The van der Waals surface area contributed by atoms with E-state index in [1.54, 1.807) is 12.4 Å². The van der Waals surface area contributed by atoms with Gasteiger partial charge in [-0.15, -0.1) is 0 Å². The first kappa shape index (κ1) is 7.78. The van der Waals surface area contributed by atoms with Crippen molar-refractivity contribution in [2.24, 2.45) is 0 Å². The number of H-pyrrole nitrogens is 1. The Bertz CT molecular complexity index is 208. The molecule has 60 valence electrons. The highest BCUT2D eigenvalue weighted by atomic mass is 16.5. The molecule has 0 aliphatic carbocycles. The van der Waals surface area contributed by atoms with Gasteiger partial charge in [-0.2, -0.15) is 0 Å². The molecule has 4 nitrogen and oxygen atoms in total. The summed E-state index contributed by atoms with van der Waals surface area (Å²) < 4.78 is 4.67. The highest BCUT2D eigenvalue weighted by molar-refractivity contribution is 5.37. The largest absolute Gasteiger partial charge is 0.464 e. The van der Waals surface area contributed by atoms with Gasteiger partial charge in [-0.25, -0.2) is 4.98 Å². The van der Waals surface area contributed by atoms with Crippen molar-refractivity contribution in [3.05, 3.63) is 18.2 Å². The van der Waals surface area contributed by atoms with E-state index in [-0.39, 0.29) is 6.10 Å². The SMILES string of the molecule is CC(Cc1ncc[nH]1)OC=O. The van der Waals surface area contributed by atoms with Crippen LogP contribution in [0.3, 0.4) is 0 Å². The molecule has 0 saturated carbocycles. The van der Waals surface area contributed by atoms with Crippen LogP contribution in [0.25, 0.3) is 0 Å². The van der Waals surface area contributed by atoms with E-state index in [4.69, 9.17) is 0 Å². The van der Waals surface area contributed by atoms with Gasteiger partial charge in [0.25, 0.3) is 6.47 Å². The van der Waals surface area contributed by atoms with Gasteiger partial charge in [0.2, 0.25) is 0 Å². The molecule has 1 atom stereocenters. The smallest absolute Gasteiger partial charge is 0.293 e. The minimum Gasteiger partial charge on any atom is -0.464 e. The van der Waals surface area contributed by atoms with E-state index in [1.807, 2.05) is 6.92 Å². The van der Waals surface area contributed by atoms with E-state index < -0.39 is 0 Å². The summed E-state index contributed by atoms with van der Waals surface area (Å²) in [5, 5.41) is 0. The molecule has 1 unspecified atom stereocenters. The second-order valence-electron chi connectivity index (χ2n) is 2.28. The second-order valence-corrected chi connectivity index (χ2v) is 2.28. The van der Waals surface area contributed by atoms with Gasteiger partial charge in [0, 0.05) is 18.8 Å². The number of rotatable bonds is 4. The number of nitrogens with one attached hydrogen (secondary N) is 1. The third-order valence-electron chi connectivity index (χ3n) is 1.32. The quantitative estimate of drug-likeness (QED) is 0.643. The number of hydrogen-bond donors (Lipinski definition) is 1. The van der Waals surface area contributed by atoms with Crippen LogP contribution in [0.4, 0.5) is 0 Å². The molecule has 4 heteroatoms. The van der Waals surface area contributed by atoms with Gasteiger partial charge < -0.3 is 9.72 Å². The zero-order chi connectivity index (χ0) is 8.10. The average molecular weight is 154 g/mol. The maximum Gasteiger partial charge on any atom is 0.293 e. The van der Waals surface area contributed by atoms with E-state index in [1.165, 1.54) is 0 Å². The van der Waals surface area contributed by atoms with E-state index in [9.17, 15) is 4.79 Å². The first-order chi connectivity index (χ1) is 5.33. The van der Waals surface area contributed by atoms with Crippen molar-refractivity contribution in [2.75, 3.05) is 0 Å². The van der Waals surface area contributed by atoms with Crippen molar-refractivity contribution in [3.63, 3.8) is 0 Å². The predicted molar refractivity (Wildman–Crippen MR) is 38.9 cm³/mol. The Morgan fingerprint density at radius 3 is 3.27 bits per heavy atom. The Kier molecular flexibility index (Phi) is 2.66. The monoisotopic (exact) mass is 154 g/mol. The van der Waals surface area contributed by atoms with E-state index in [2.05, 4.69) is 14.7 Å². The van der Waals surface area contributed by atoms with Crippen molar-refractivity contribution in [3.8, 4) is 0 Å². The standard InChI is InChI=1S/C7H10N2O2/c1-6(11-5-10)4-7-8-2-3-9-7/h2-3,5-6H,4H2,1H3,(H,8,9). The molecule has 0 radical (unpaired) electrons. The van der Waals surface area contributed by atoms with Crippen molar-refractivity contribution in [2.45, 2.75) is 19.4 Å². The summed E-state index contributed by atoms with van der Waals surface area (Å²) in [4.78, 5) is 16.8. The highest BCUT2D eigenvalue weighted by Gasteiger charge is 2.03. The fraction of sp³-hybridized carbons (Fsp3) is 0.429. The van der Waals surface area contributed by atoms with Crippen LogP contribution < -0.4 is 0 Å². The molecule has 0 spiro atoms. The number of aromatic amines is 1. The van der Waals surface area contributed by atoms with Crippen LogP contribution in [-0.4, -0.2) is 22.5 Å². The van der Waals surface area contributed by atoms with Crippen molar-refractivity contribution in [1.29, 1.82) is 0 Å². The molecule has 0 fully saturated rings. The van der Waals surface area contributed by atoms with Gasteiger partial charge in [-0.1, -0.05) is 0 Å². The van der Waals surface area contributed by atoms with Crippen LogP contribution in [0.2, 0.25) is 0 Å². The highest BCUT2D eigenvalue weighted by Crippen LogP contribution is 1.97. The number of nitrogens with zero attached hydrogens (tertiary/aromatic N) is 1. The lowest BCUT2D eigenvalue weighted by molar-refractivity contribution is -0.132. The first-order valence-corrected chi connectivity index (χ1v) is 3.40. The van der Waals surface area contributed by atoms with E-state index >= 15 is 0 Å². The summed E-state index contributed by atoms with van der Waals surface area (Å²) in [7, 11) is 0. The molecule has 1 aromatic heterocycles. The fourth-order valence-electron chi connectivity index (χ4n) is 0.825. The maximum atomic E-state index is 9.89. The third-order valence-corrected chi connectivity index (χ3v) is 1.32. The van der Waals surface area contributed by atoms with Crippen molar-refractivity contribution >= 4 is 6.47 Å². The molecule has 0 bridgehead atoms. The molecule has 1 aromatic rings. The van der Waals surface area contributed by atoms with Gasteiger partial charge in [-0.3, -0.25) is 4.79 Å². The molecular formula is C7H10N2O2. The van der Waals surface area contributed by atoms with Crippen LogP contribution in [0, 0.1) is 0 Å². The number of aromatic nitrogens is 2. The predicted octanol–water partition coefficient (Wildman–Crippen LogP) is 0.514. The zero-order valence-electron chi connectivity index (χ0n) is 6.28. The summed E-state index contributed by atoms with van der Waals surface area (Å²) >= 11 is 0. The minimum atomic E-state index is -0.112. The molecule has 0 amide bonds. The lowest BCUT2D eigenvalue weighted by Crippen LogP contribution is -2.11. The molecule has 0 aliphatic rings.